The molecule has 0 unspecified atom stereocenters. The normalized spacial score (nSPS) is 10.7. The van der Waals surface area contributed by atoms with E-state index in [1.165, 1.54) is 22.7 Å². The Morgan fingerprint density at radius 2 is 2.13 bits per heavy atom. The molecule has 0 radical (unpaired) electrons. The molecule has 0 saturated heterocycles. The van der Waals surface area contributed by atoms with Gasteiger partial charge in [-0.2, -0.15) is 0 Å². The van der Waals surface area contributed by atoms with E-state index < -0.39 is 5.97 Å². The number of hydrogen-bond donors (Lipinski definition) is 0. The second-order valence-electron chi connectivity index (χ2n) is 4.96. The first-order valence-corrected chi connectivity index (χ1v) is 7.18. The predicted molar refractivity (Wildman–Crippen MR) is 84.6 cm³/mol. The van der Waals surface area contributed by atoms with Gasteiger partial charge in [-0.1, -0.05) is 17.7 Å². The molecule has 23 heavy (non-hydrogen) atoms. The Hall–Kier alpha value is -2.73. The van der Waals surface area contributed by atoms with E-state index >= 15 is 0 Å². The zero-order chi connectivity index (χ0) is 16.4. The minimum Gasteiger partial charge on any atom is -0.454 e. The molecule has 0 fully saturated rings. The van der Waals surface area contributed by atoms with Crippen LogP contribution in [-0.4, -0.2) is 20.3 Å². The number of aryl methyl sites for hydroxylation is 1. The van der Waals surface area contributed by atoms with E-state index in [2.05, 4.69) is 9.97 Å². The predicted octanol–water partition coefficient (Wildman–Crippen LogP) is 2.41. The Balaban J connectivity index is 1.81. The van der Waals surface area contributed by atoms with Crippen LogP contribution in [-0.2, 0) is 11.3 Å². The van der Waals surface area contributed by atoms with Crippen LogP contribution in [0.15, 0.2) is 47.5 Å². The van der Waals surface area contributed by atoms with Crippen molar-refractivity contribution in [3.63, 3.8) is 0 Å². The molecule has 0 aromatic carbocycles. The van der Waals surface area contributed by atoms with Gasteiger partial charge in [-0.05, 0) is 30.7 Å². The molecular weight excluding hydrogens is 318 g/mol. The Labute approximate surface area is 136 Å². The van der Waals surface area contributed by atoms with Crippen LogP contribution in [0.5, 0.6) is 0 Å². The number of esters is 1. The monoisotopic (exact) mass is 329 g/mol. The molecule has 3 heterocycles. The molecule has 7 heteroatoms. The molecule has 6 nitrogen and oxygen atoms in total. The number of carbonyl (C=O) groups excluding carboxylic acids is 1. The van der Waals surface area contributed by atoms with E-state index in [1.807, 2.05) is 13.0 Å². The average molecular weight is 330 g/mol. The summed E-state index contributed by atoms with van der Waals surface area (Å²) in [5.41, 5.74) is 1.69. The van der Waals surface area contributed by atoms with Gasteiger partial charge in [-0.25, -0.2) is 14.8 Å². The summed E-state index contributed by atoms with van der Waals surface area (Å²) in [6.45, 7) is 1.77. The highest BCUT2D eigenvalue weighted by molar-refractivity contribution is 6.30. The van der Waals surface area contributed by atoms with Gasteiger partial charge in [0, 0.05) is 23.5 Å². The van der Waals surface area contributed by atoms with Crippen molar-refractivity contribution in [1.29, 1.82) is 0 Å². The molecule has 0 aliphatic heterocycles. The van der Waals surface area contributed by atoms with Gasteiger partial charge >= 0.3 is 5.97 Å². The number of pyridine rings is 2. The van der Waals surface area contributed by atoms with Crippen LogP contribution < -0.4 is 5.56 Å². The summed E-state index contributed by atoms with van der Waals surface area (Å²) in [5, 5.41) is 0.393. The quantitative estimate of drug-likeness (QED) is 0.690. The summed E-state index contributed by atoms with van der Waals surface area (Å²) in [4.78, 5) is 32.2. The Bertz CT molecular complexity index is 953. The minimum atomic E-state index is -0.626. The molecule has 0 saturated carbocycles. The lowest BCUT2D eigenvalue weighted by atomic mass is 10.3. The summed E-state index contributed by atoms with van der Waals surface area (Å²) in [6, 6.07) is 7.90. The largest absolute Gasteiger partial charge is 0.454 e. The molecule has 0 aliphatic carbocycles. The van der Waals surface area contributed by atoms with Crippen LogP contribution in [0.3, 0.4) is 0 Å². The summed E-state index contributed by atoms with van der Waals surface area (Å²) < 4.78 is 6.57. The van der Waals surface area contributed by atoms with Gasteiger partial charge in [0.1, 0.15) is 17.9 Å². The van der Waals surface area contributed by atoms with Crippen molar-refractivity contribution >= 4 is 23.2 Å². The molecule has 0 bridgehead atoms. The summed E-state index contributed by atoms with van der Waals surface area (Å²) in [7, 11) is 0. The first kappa shape index (κ1) is 15.2. The second kappa shape index (κ2) is 6.18. The summed E-state index contributed by atoms with van der Waals surface area (Å²) >= 11 is 5.80. The molecule has 0 spiro atoms. The topological polar surface area (TPSA) is 73.6 Å². The standard InChI is InChI=1S/C16H12ClN3O3/c1-10-2-3-14-19-12(7-15(21)20(14)8-10)9-23-16(22)13-6-11(17)4-5-18-13/h2-8H,9H2,1H3. The Morgan fingerprint density at radius 3 is 2.91 bits per heavy atom. The van der Waals surface area contributed by atoms with Crippen molar-refractivity contribution < 1.29 is 9.53 Å². The van der Waals surface area contributed by atoms with Gasteiger partial charge in [-0.3, -0.25) is 9.20 Å². The minimum absolute atomic E-state index is 0.102. The number of hydrogen-bond acceptors (Lipinski definition) is 5. The van der Waals surface area contributed by atoms with E-state index in [0.29, 0.717) is 16.4 Å². The summed E-state index contributed by atoms with van der Waals surface area (Å²) in [5.74, 6) is -0.626. The summed E-state index contributed by atoms with van der Waals surface area (Å²) in [6.07, 6.45) is 3.12. The number of aromatic nitrogens is 3. The number of carbonyl (C=O) groups is 1. The number of ether oxygens (including phenoxy) is 1. The third-order valence-corrected chi connectivity index (χ3v) is 3.38. The molecule has 0 aliphatic rings. The van der Waals surface area contributed by atoms with Gasteiger partial charge in [-0.15, -0.1) is 0 Å². The lowest BCUT2D eigenvalue weighted by Crippen LogP contribution is -2.17. The first-order valence-electron chi connectivity index (χ1n) is 6.80. The fourth-order valence-electron chi connectivity index (χ4n) is 2.06. The van der Waals surface area contributed by atoms with E-state index in [0.717, 1.165) is 5.56 Å². The zero-order valence-electron chi connectivity index (χ0n) is 12.2. The van der Waals surface area contributed by atoms with Crippen LogP contribution in [0, 0.1) is 6.92 Å². The number of fused-ring (bicyclic) bond motifs is 1. The Kier molecular flexibility index (Phi) is 4.08. The maximum atomic E-state index is 12.1. The lowest BCUT2D eigenvalue weighted by molar-refractivity contribution is 0.0460. The average Bonchev–Trinajstić information content (AvgIpc) is 2.53. The van der Waals surface area contributed by atoms with Gasteiger partial charge in [0.05, 0.1) is 5.69 Å². The van der Waals surface area contributed by atoms with Crippen molar-refractivity contribution in [2.75, 3.05) is 0 Å². The van der Waals surface area contributed by atoms with Crippen molar-refractivity contribution in [2.24, 2.45) is 0 Å². The second-order valence-corrected chi connectivity index (χ2v) is 5.39. The van der Waals surface area contributed by atoms with E-state index in [1.54, 1.807) is 18.3 Å². The van der Waals surface area contributed by atoms with Crippen molar-refractivity contribution in [2.45, 2.75) is 13.5 Å². The molecule has 3 rings (SSSR count). The SMILES string of the molecule is Cc1ccc2nc(COC(=O)c3cc(Cl)ccn3)cc(=O)n2c1. The molecule has 3 aromatic heterocycles. The zero-order valence-corrected chi connectivity index (χ0v) is 12.9. The number of halogens is 1. The number of rotatable bonds is 3. The highest BCUT2D eigenvalue weighted by Gasteiger charge is 2.11. The van der Waals surface area contributed by atoms with Crippen LogP contribution in [0.1, 0.15) is 21.7 Å². The van der Waals surface area contributed by atoms with Crippen LogP contribution in [0.25, 0.3) is 5.65 Å². The van der Waals surface area contributed by atoms with Crippen LogP contribution >= 0.6 is 11.6 Å². The van der Waals surface area contributed by atoms with Gasteiger partial charge < -0.3 is 4.74 Å². The van der Waals surface area contributed by atoms with Crippen molar-refractivity contribution in [1.82, 2.24) is 14.4 Å². The highest BCUT2D eigenvalue weighted by atomic mass is 35.5. The smallest absolute Gasteiger partial charge is 0.357 e. The van der Waals surface area contributed by atoms with Gasteiger partial charge in [0.25, 0.3) is 5.56 Å². The fourth-order valence-corrected chi connectivity index (χ4v) is 2.22. The fraction of sp³-hybridized carbons (Fsp3) is 0.125. The maximum Gasteiger partial charge on any atom is 0.357 e. The van der Waals surface area contributed by atoms with Crippen molar-refractivity contribution in [3.05, 3.63) is 75.1 Å². The van der Waals surface area contributed by atoms with Crippen molar-refractivity contribution in [3.8, 4) is 0 Å². The van der Waals surface area contributed by atoms with E-state index in [-0.39, 0.29) is 17.9 Å². The molecular formula is C16H12ClN3O3. The highest BCUT2D eigenvalue weighted by Crippen LogP contribution is 2.10. The van der Waals surface area contributed by atoms with Crippen LogP contribution in [0.2, 0.25) is 5.02 Å². The maximum absolute atomic E-state index is 12.1. The molecule has 116 valence electrons. The Morgan fingerprint density at radius 1 is 1.30 bits per heavy atom. The third-order valence-electron chi connectivity index (χ3n) is 3.14. The molecule has 0 N–H and O–H groups in total. The number of nitrogens with zero attached hydrogens (tertiary/aromatic N) is 3. The van der Waals surface area contributed by atoms with Gasteiger partial charge in [0.15, 0.2) is 0 Å². The van der Waals surface area contributed by atoms with Gasteiger partial charge in [0.2, 0.25) is 0 Å². The molecule has 0 amide bonds. The lowest BCUT2D eigenvalue weighted by Gasteiger charge is -2.06. The molecule has 3 aromatic rings. The van der Waals surface area contributed by atoms with E-state index in [9.17, 15) is 9.59 Å². The van der Waals surface area contributed by atoms with E-state index in [4.69, 9.17) is 16.3 Å². The van der Waals surface area contributed by atoms with Crippen LogP contribution in [0.4, 0.5) is 0 Å². The third kappa shape index (κ3) is 3.37. The molecule has 0 atom stereocenters. The first-order chi connectivity index (χ1) is 11.0.